The molecule has 0 radical (unpaired) electrons. The highest BCUT2D eigenvalue weighted by Gasteiger charge is 2.24. The van der Waals surface area contributed by atoms with E-state index < -0.39 is 0 Å². The van der Waals surface area contributed by atoms with Gasteiger partial charge in [-0.1, -0.05) is 30.3 Å². The van der Waals surface area contributed by atoms with E-state index in [0.29, 0.717) is 23.8 Å². The summed E-state index contributed by atoms with van der Waals surface area (Å²) in [6.07, 6.45) is 2.09. The quantitative estimate of drug-likeness (QED) is 0.781. The van der Waals surface area contributed by atoms with E-state index in [-0.39, 0.29) is 11.9 Å². The second kappa shape index (κ2) is 7.38. The van der Waals surface area contributed by atoms with E-state index in [1.807, 2.05) is 44.2 Å². The first-order valence-electron chi connectivity index (χ1n) is 8.54. The second-order valence-corrected chi connectivity index (χ2v) is 6.51. The van der Waals surface area contributed by atoms with Crippen molar-refractivity contribution < 1.29 is 9.59 Å². The number of nitrogens with one attached hydrogen (secondary N) is 3. The minimum absolute atomic E-state index is 0.0918. The highest BCUT2D eigenvalue weighted by molar-refractivity contribution is 5.97. The predicted octanol–water partition coefficient (Wildman–Crippen LogP) is 3.52. The second-order valence-electron chi connectivity index (χ2n) is 6.51. The van der Waals surface area contributed by atoms with Crippen molar-refractivity contribution in [3.05, 3.63) is 64.7 Å². The van der Waals surface area contributed by atoms with Crippen LogP contribution in [-0.2, 0) is 6.54 Å². The zero-order chi connectivity index (χ0) is 17.8. The van der Waals surface area contributed by atoms with E-state index in [1.165, 1.54) is 0 Å². The van der Waals surface area contributed by atoms with E-state index in [4.69, 9.17) is 0 Å². The fourth-order valence-electron chi connectivity index (χ4n) is 2.54. The van der Waals surface area contributed by atoms with Crippen LogP contribution in [0.2, 0.25) is 0 Å². The largest absolute Gasteiger partial charge is 0.349 e. The third-order valence-electron chi connectivity index (χ3n) is 4.36. The maximum Gasteiger partial charge on any atom is 0.319 e. The fraction of sp³-hybridized carbons (Fsp3) is 0.300. The van der Waals surface area contributed by atoms with E-state index in [1.54, 1.807) is 12.1 Å². The van der Waals surface area contributed by atoms with E-state index in [9.17, 15) is 9.59 Å². The van der Waals surface area contributed by atoms with Gasteiger partial charge in [-0.2, -0.15) is 0 Å². The number of hydrogen-bond donors (Lipinski definition) is 3. The molecular weight excluding hydrogens is 314 g/mol. The van der Waals surface area contributed by atoms with Crippen molar-refractivity contribution in [1.82, 2.24) is 10.6 Å². The molecule has 3 rings (SSSR count). The monoisotopic (exact) mass is 337 g/mol. The molecule has 0 aromatic heterocycles. The smallest absolute Gasteiger partial charge is 0.319 e. The zero-order valence-corrected chi connectivity index (χ0v) is 14.6. The van der Waals surface area contributed by atoms with Gasteiger partial charge in [0.25, 0.3) is 5.91 Å². The predicted molar refractivity (Wildman–Crippen MR) is 98.7 cm³/mol. The van der Waals surface area contributed by atoms with E-state index >= 15 is 0 Å². The van der Waals surface area contributed by atoms with Crippen LogP contribution in [0.15, 0.2) is 42.5 Å². The summed E-state index contributed by atoms with van der Waals surface area (Å²) < 4.78 is 0. The van der Waals surface area contributed by atoms with Crippen LogP contribution in [0.4, 0.5) is 10.5 Å². The maximum absolute atomic E-state index is 12.2. The topological polar surface area (TPSA) is 70.2 Å². The Morgan fingerprint density at radius 3 is 2.52 bits per heavy atom. The molecule has 3 N–H and O–H groups in total. The van der Waals surface area contributed by atoms with E-state index in [0.717, 1.165) is 29.5 Å². The molecule has 0 saturated heterocycles. The van der Waals surface area contributed by atoms with Crippen LogP contribution in [0.3, 0.4) is 0 Å². The Balaban J connectivity index is 1.62. The average molecular weight is 337 g/mol. The molecule has 5 heteroatoms. The van der Waals surface area contributed by atoms with Crippen LogP contribution in [0.25, 0.3) is 0 Å². The van der Waals surface area contributed by atoms with Crippen LogP contribution in [-0.4, -0.2) is 18.0 Å². The van der Waals surface area contributed by atoms with Gasteiger partial charge in [-0.25, -0.2) is 4.79 Å². The lowest BCUT2D eigenvalue weighted by Crippen LogP contribution is -2.29. The SMILES string of the molecule is Cc1ccccc1CNC(=O)Nc1cc(C(=O)NC2CC2)ccc1C. The number of anilines is 1. The number of aryl methyl sites for hydroxylation is 2. The molecule has 0 aliphatic heterocycles. The Morgan fingerprint density at radius 2 is 1.80 bits per heavy atom. The summed E-state index contributed by atoms with van der Waals surface area (Å²) in [5.74, 6) is -0.0918. The maximum atomic E-state index is 12.2. The number of urea groups is 1. The van der Waals surface area contributed by atoms with Crippen molar-refractivity contribution in [2.75, 3.05) is 5.32 Å². The van der Waals surface area contributed by atoms with Gasteiger partial charge in [0.2, 0.25) is 0 Å². The molecular formula is C20H23N3O2. The third-order valence-corrected chi connectivity index (χ3v) is 4.36. The molecule has 3 amide bonds. The highest BCUT2D eigenvalue weighted by Crippen LogP contribution is 2.21. The molecule has 25 heavy (non-hydrogen) atoms. The first kappa shape index (κ1) is 17.0. The minimum Gasteiger partial charge on any atom is -0.349 e. The van der Waals surface area contributed by atoms with Crippen molar-refractivity contribution in [1.29, 1.82) is 0 Å². The molecule has 0 unspecified atom stereocenters. The van der Waals surface area contributed by atoms with Crippen LogP contribution in [0.5, 0.6) is 0 Å². The number of rotatable bonds is 5. The van der Waals surface area contributed by atoms with Crippen molar-refractivity contribution in [3.63, 3.8) is 0 Å². The standard InChI is InChI=1S/C20H23N3O2/c1-13-5-3-4-6-16(13)12-21-20(25)23-18-11-15(8-7-14(18)2)19(24)22-17-9-10-17/h3-8,11,17H,9-10,12H2,1-2H3,(H,22,24)(H2,21,23,25). The van der Waals surface area contributed by atoms with Gasteiger partial charge in [0.1, 0.15) is 0 Å². The van der Waals surface area contributed by atoms with Crippen LogP contribution in [0, 0.1) is 13.8 Å². The van der Waals surface area contributed by atoms with Crippen molar-refractivity contribution in [3.8, 4) is 0 Å². The van der Waals surface area contributed by atoms with Crippen molar-refractivity contribution in [2.45, 2.75) is 39.3 Å². The van der Waals surface area contributed by atoms with Crippen LogP contribution in [0.1, 0.15) is 39.9 Å². The van der Waals surface area contributed by atoms with E-state index in [2.05, 4.69) is 16.0 Å². The van der Waals surface area contributed by atoms with Gasteiger partial charge in [0.05, 0.1) is 0 Å². The fourth-order valence-corrected chi connectivity index (χ4v) is 2.54. The molecule has 0 bridgehead atoms. The Hall–Kier alpha value is -2.82. The molecule has 2 aromatic rings. The number of benzene rings is 2. The lowest BCUT2D eigenvalue weighted by Gasteiger charge is -2.12. The normalized spacial score (nSPS) is 13.2. The van der Waals surface area contributed by atoms with Gasteiger partial charge in [0.15, 0.2) is 0 Å². The summed E-state index contributed by atoms with van der Waals surface area (Å²) in [6, 6.07) is 13.3. The Bertz CT molecular complexity index is 797. The summed E-state index contributed by atoms with van der Waals surface area (Å²) in [5, 5.41) is 8.65. The molecule has 0 heterocycles. The zero-order valence-electron chi connectivity index (χ0n) is 14.6. The summed E-state index contributed by atoms with van der Waals surface area (Å²) in [7, 11) is 0. The first-order valence-corrected chi connectivity index (χ1v) is 8.54. The van der Waals surface area contributed by atoms with Crippen LogP contribution >= 0.6 is 0 Å². The van der Waals surface area contributed by atoms with Gasteiger partial charge >= 0.3 is 6.03 Å². The summed E-state index contributed by atoms with van der Waals surface area (Å²) in [4.78, 5) is 24.3. The molecule has 1 aliphatic rings. The van der Waals surface area contributed by atoms with Gasteiger partial charge in [-0.15, -0.1) is 0 Å². The number of carbonyl (C=O) groups excluding carboxylic acids is 2. The Morgan fingerprint density at radius 1 is 1.04 bits per heavy atom. The Labute approximate surface area is 147 Å². The molecule has 5 nitrogen and oxygen atoms in total. The number of amides is 3. The van der Waals surface area contributed by atoms with Crippen molar-refractivity contribution in [2.24, 2.45) is 0 Å². The van der Waals surface area contributed by atoms with Gasteiger partial charge in [-0.3, -0.25) is 4.79 Å². The average Bonchev–Trinajstić information content (AvgIpc) is 3.40. The van der Waals surface area contributed by atoms with Crippen LogP contribution < -0.4 is 16.0 Å². The summed E-state index contributed by atoms with van der Waals surface area (Å²) in [6.45, 7) is 4.37. The third kappa shape index (κ3) is 4.59. The first-order chi connectivity index (χ1) is 12.0. The molecule has 0 atom stereocenters. The van der Waals surface area contributed by atoms with Gasteiger partial charge in [-0.05, 0) is 55.5 Å². The Kier molecular flexibility index (Phi) is 5.03. The number of carbonyl (C=O) groups is 2. The lowest BCUT2D eigenvalue weighted by atomic mass is 10.1. The molecule has 0 spiro atoms. The highest BCUT2D eigenvalue weighted by atomic mass is 16.2. The van der Waals surface area contributed by atoms with Crippen molar-refractivity contribution >= 4 is 17.6 Å². The van der Waals surface area contributed by atoms with Gasteiger partial charge < -0.3 is 16.0 Å². The molecule has 2 aromatic carbocycles. The summed E-state index contributed by atoms with van der Waals surface area (Å²) in [5.41, 5.74) is 4.33. The molecule has 1 fully saturated rings. The molecule has 130 valence electrons. The summed E-state index contributed by atoms with van der Waals surface area (Å²) >= 11 is 0. The molecule has 1 saturated carbocycles. The number of hydrogen-bond acceptors (Lipinski definition) is 2. The van der Waals surface area contributed by atoms with Gasteiger partial charge in [0, 0.05) is 23.8 Å². The minimum atomic E-state index is -0.286. The molecule has 1 aliphatic carbocycles. The lowest BCUT2D eigenvalue weighted by molar-refractivity contribution is 0.0951.